The zero-order chi connectivity index (χ0) is 19.4. The van der Waals surface area contributed by atoms with E-state index in [4.69, 9.17) is 11.6 Å². The lowest BCUT2D eigenvalue weighted by Crippen LogP contribution is -2.45. The molecule has 0 bridgehead atoms. The molecule has 0 aromatic heterocycles. The average Bonchev–Trinajstić information content (AvgIpc) is 2.66. The van der Waals surface area contributed by atoms with Crippen molar-refractivity contribution in [3.63, 3.8) is 0 Å². The largest absolute Gasteiger partial charge is 0.326 e. The number of carbonyl (C=O) groups is 1. The van der Waals surface area contributed by atoms with Crippen LogP contribution in [0.3, 0.4) is 0 Å². The highest BCUT2D eigenvalue weighted by molar-refractivity contribution is 7.89. The molecule has 5 nitrogen and oxygen atoms in total. The Morgan fingerprint density at radius 2 is 1.93 bits per heavy atom. The molecule has 1 N–H and O–H groups in total. The molecular weight excluding hydrogens is 391 g/mol. The predicted molar refractivity (Wildman–Crippen MR) is 103 cm³/mol. The van der Waals surface area contributed by atoms with Crippen LogP contribution >= 0.6 is 11.6 Å². The average molecular weight is 411 g/mol. The Kier molecular flexibility index (Phi) is 6.14. The van der Waals surface area contributed by atoms with Crippen molar-refractivity contribution >= 4 is 33.2 Å². The van der Waals surface area contributed by atoms with E-state index in [0.717, 1.165) is 12.8 Å². The van der Waals surface area contributed by atoms with E-state index in [9.17, 15) is 17.6 Å². The highest BCUT2D eigenvalue weighted by Crippen LogP contribution is 2.27. The molecule has 0 saturated carbocycles. The highest BCUT2D eigenvalue weighted by atomic mass is 35.5. The SMILES string of the molecule is O=C(C[C@@H]1CCCCN1S(=O)(=O)c1ccccc1)Nc1ccc(F)c(Cl)c1. The molecule has 0 unspecified atom stereocenters. The summed E-state index contributed by atoms with van der Waals surface area (Å²) in [6, 6.07) is 11.7. The first-order valence-electron chi connectivity index (χ1n) is 8.70. The Hall–Kier alpha value is -1.96. The van der Waals surface area contributed by atoms with Gasteiger partial charge in [0.1, 0.15) is 5.82 Å². The fraction of sp³-hybridized carbons (Fsp3) is 0.316. The van der Waals surface area contributed by atoms with Crippen LogP contribution in [-0.2, 0) is 14.8 Å². The van der Waals surface area contributed by atoms with Gasteiger partial charge >= 0.3 is 0 Å². The van der Waals surface area contributed by atoms with E-state index in [-0.39, 0.29) is 22.2 Å². The van der Waals surface area contributed by atoms with Crippen molar-refractivity contribution in [1.29, 1.82) is 0 Å². The van der Waals surface area contributed by atoms with Gasteiger partial charge < -0.3 is 5.32 Å². The number of rotatable bonds is 5. The predicted octanol–water partition coefficient (Wildman–Crippen LogP) is 4.05. The fourth-order valence-electron chi connectivity index (χ4n) is 3.22. The molecule has 0 aliphatic carbocycles. The number of hydrogen-bond donors (Lipinski definition) is 1. The summed E-state index contributed by atoms with van der Waals surface area (Å²) in [5, 5.41) is 2.57. The van der Waals surface area contributed by atoms with Gasteiger partial charge in [0.25, 0.3) is 0 Å². The number of halogens is 2. The molecule has 1 aliphatic rings. The monoisotopic (exact) mass is 410 g/mol. The molecule has 1 saturated heterocycles. The Morgan fingerprint density at radius 1 is 1.19 bits per heavy atom. The zero-order valence-corrected chi connectivity index (χ0v) is 16.1. The fourth-order valence-corrected chi connectivity index (χ4v) is 5.12. The quantitative estimate of drug-likeness (QED) is 0.808. The van der Waals surface area contributed by atoms with E-state index in [0.29, 0.717) is 18.7 Å². The second kappa shape index (κ2) is 8.37. The summed E-state index contributed by atoms with van der Waals surface area (Å²) >= 11 is 5.73. The van der Waals surface area contributed by atoms with Crippen LogP contribution in [0.1, 0.15) is 25.7 Å². The van der Waals surface area contributed by atoms with E-state index in [1.165, 1.54) is 22.5 Å². The molecule has 1 amide bonds. The molecule has 1 atom stereocenters. The van der Waals surface area contributed by atoms with E-state index in [1.54, 1.807) is 30.3 Å². The Labute approximate surface area is 163 Å². The molecule has 2 aromatic rings. The van der Waals surface area contributed by atoms with Crippen LogP contribution in [0.2, 0.25) is 5.02 Å². The first-order valence-corrected chi connectivity index (χ1v) is 10.5. The first-order chi connectivity index (χ1) is 12.9. The van der Waals surface area contributed by atoms with Crippen molar-refractivity contribution in [3.8, 4) is 0 Å². The van der Waals surface area contributed by atoms with E-state index < -0.39 is 21.9 Å². The zero-order valence-electron chi connectivity index (χ0n) is 14.6. The lowest BCUT2D eigenvalue weighted by Gasteiger charge is -2.34. The summed E-state index contributed by atoms with van der Waals surface area (Å²) in [6.45, 7) is 0.386. The second-order valence-electron chi connectivity index (χ2n) is 6.46. The maximum absolute atomic E-state index is 13.2. The van der Waals surface area contributed by atoms with Crippen molar-refractivity contribution in [2.75, 3.05) is 11.9 Å². The third kappa shape index (κ3) is 4.66. The van der Waals surface area contributed by atoms with Crippen LogP contribution in [0.5, 0.6) is 0 Å². The lowest BCUT2D eigenvalue weighted by atomic mass is 10.0. The maximum Gasteiger partial charge on any atom is 0.243 e. The number of piperidine rings is 1. The van der Waals surface area contributed by atoms with E-state index in [1.807, 2.05) is 0 Å². The Morgan fingerprint density at radius 3 is 2.63 bits per heavy atom. The molecule has 1 fully saturated rings. The van der Waals surface area contributed by atoms with Gasteiger partial charge in [0.2, 0.25) is 15.9 Å². The van der Waals surface area contributed by atoms with E-state index >= 15 is 0 Å². The number of carbonyl (C=O) groups excluding carboxylic acids is 1. The van der Waals surface area contributed by atoms with Gasteiger partial charge in [0.15, 0.2) is 0 Å². The van der Waals surface area contributed by atoms with Crippen LogP contribution in [-0.4, -0.2) is 31.2 Å². The summed E-state index contributed by atoms with van der Waals surface area (Å²) in [5.41, 5.74) is 0.375. The molecule has 8 heteroatoms. The summed E-state index contributed by atoms with van der Waals surface area (Å²) in [5.74, 6) is -0.903. The Bertz CT molecular complexity index is 922. The van der Waals surface area contributed by atoms with Crippen LogP contribution in [0.25, 0.3) is 0 Å². The van der Waals surface area contributed by atoms with Gasteiger partial charge in [0, 0.05) is 24.7 Å². The molecule has 0 radical (unpaired) electrons. The minimum atomic E-state index is -3.66. The molecule has 144 valence electrons. The first kappa shape index (κ1) is 19.8. The maximum atomic E-state index is 13.2. The van der Waals surface area contributed by atoms with Gasteiger partial charge in [-0.05, 0) is 43.2 Å². The number of nitrogens with one attached hydrogen (secondary N) is 1. The van der Waals surface area contributed by atoms with Crippen molar-refractivity contribution < 1.29 is 17.6 Å². The summed E-state index contributed by atoms with van der Waals surface area (Å²) in [6.07, 6.45) is 2.27. The number of sulfonamides is 1. The molecule has 27 heavy (non-hydrogen) atoms. The van der Waals surface area contributed by atoms with Crippen molar-refractivity contribution in [3.05, 3.63) is 59.4 Å². The van der Waals surface area contributed by atoms with Gasteiger partial charge in [-0.2, -0.15) is 4.31 Å². The smallest absolute Gasteiger partial charge is 0.243 e. The topological polar surface area (TPSA) is 66.5 Å². The van der Waals surface area contributed by atoms with Crippen molar-refractivity contribution in [2.24, 2.45) is 0 Å². The second-order valence-corrected chi connectivity index (χ2v) is 8.76. The number of amides is 1. The Balaban J connectivity index is 1.73. The summed E-state index contributed by atoms with van der Waals surface area (Å²) < 4.78 is 40.6. The number of hydrogen-bond acceptors (Lipinski definition) is 3. The van der Waals surface area contributed by atoms with Gasteiger partial charge in [0.05, 0.1) is 9.92 Å². The van der Waals surface area contributed by atoms with Crippen LogP contribution in [0.4, 0.5) is 10.1 Å². The third-order valence-electron chi connectivity index (χ3n) is 4.55. The van der Waals surface area contributed by atoms with Gasteiger partial charge in [-0.3, -0.25) is 4.79 Å². The molecule has 3 rings (SSSR count). The molecule has 1 heterocycles. The van der Waals surface area contributed by atoms with Gasteiger partial charge in [-0.1, -0.05) is 36.2 Å². The molecule has 1 aliphatic heterocycles. The normalized spacial score (nSPS) is 18.2. The highest BCUT2D eigenvalue weighted by Gasteiger charge is 2.34. The summed E-state index contributed by atoms with van der Waals surface area (Å²) in [4.78, 5) is 12.6. The van der Waals surface area contributed by atoms with Crippen LogP contribution in [0, 0.1) is 5.82 Å². The summed E-state index contributed by atoms with van der Waals surface area (Å²) in [7, 11) is -3.66. The third-order valence-corrected chi connectivity index (χ3v) is 6.80. The van der Waals surface area contributed by atoms with Crippen molar-refractivity contribution in [2.45, 2.75) is 36.6 Å². The van der Waals surface area contributed by atoms with Gasteiger partial charge in [-0.25, -0.2) is 12.8 Å². The van der Waals surface area contributed by atoms with Crippen molar-refractivity contribution in [1.82, 2.24) is 4.31 Å². The van der Waals surface area contributed by atoms with Crippen LogP contribution < -0.4 is 5.32 Å². The lowest BCUT2D eigenvalue weighted by molar-refractivity contribution is -0.117. The number of benzene rings is 2. The standard InChI is InChI=1S/C19H20ClFN2O3S/c20-17-12-14(9-10-18(17)21)22-19(24)13-15-6-4-5-11-23(15)27(25,26)16-7-2-1-3-8-16/h1-3,7-10,12,15H,4-6,11,13H2,(H,22,24)/t15-/m0/s1. The van der Waals surface area contributed by atoms with Crippen LogP contribution in [0.15, 0.2) is 53.4 Å². The van der Waals surface area contributed by atoms with E-state index in [2.05, 4.69) is 5.32 Å². The number of anilines is 1. The van der Waals surface area contributed by atoms with Gasteiger partial charge in [-0.15, -0.1) is 0 Å². The minimum absolute atomic E-state index is 0.0288. The molecular formula is C19H20ClFN2O3S. The molecule has 2 aromatic carbocycles. The number of nitrogens with zero attached hydrogens (tertiary/aromatic N) is 1. The minimum Gasteiger partial charge on any atom is -0.326 e. The molecule has 0 spiro atoms.